The smallest absolute Gasteiger partial charge is 0.0639 e. The third kappa shape index (κ3) is 3.39. The second-order valence-corrected chi connectivity index (χ2v) is 5.58. The Labute approximate surface area is 115 Å². The first-order chi connectivity index (χ1) is 8.70. The zero-order valence-corrected chi connectivity index (χ0v) is 12.1. The first kappa shape index (κ1) is 13.7. The molecule has 0 atom stereocenters. The lowest BCUT2D eigenvalue weighted by atomic mass is 10.0. The van der Waals surface area contributed by atoms with Crippen LogP contribution in [0.25, 0.3) is 0 Å². The molecule has 1 heterocycles. The van der Waals surface area contributed by atoms with E-state index in [1.807, 2.05) is 6.07 Å². The molecule has 0 bridgehead atoms. The second kappa shape index (κ2) is 6.44. The molecule has 2 rings (SSSR count). The molecule has 0 radical (unpaired) electrons. The van der Waals surface area contributed by atoms with Gasteiger partial charge in [-0.3, -0.25) is 0 Å². The van der Waals surface area contributed by atoms with Crippen LogP contribution in [-0.4, -0.2) is 25.7 Å². The summed E-state index contributed by atoms with van der Waals surface area (Å²) in [7, 11) is 0. The summed E-state index contributed by atoms with van der Waals surface area (Å²) in [4.78, 5) is 2.42. The van der Waals surface area contributed by atoms with Gasteiger partial charge in [0, 0.05) is 19.1 Å². The second-order valence-electron chi connectivity index (χ2n) is 5.17. The van der Waals surface area contributed by atoms with Crippen molar-refractivity contribution < 1.29 is 0 Å². The Morgan fingerprint density at radius 2 is 2.06 bits per heavy atom. The first-order valence-electron chi connectivity index (χ1n) is 6.95. The molecule has 1 aliphatic heterocycles. The fourth-order valence-corrected chi connectivity index (χ4v) is 2.78. The zero-order chi connectivity index (χ0) is 13.0. The highest BCUT2D eigenvalue weighted by atomic mass is 35.5. The number of rotatable bonds is 4. The molecule has 1 fully saturated rings. The topological polar surface area (TPSA) is 15.3 Å². The molecule has 0 spiro atoms. The summed E-state index contributed by atoms with van der Waals surface area (Å²) in [6.45, 7) is 7.68. The van der Waals surface area contributed by atoms with E-state index in [0.717, 1.165) is 24.7 Å². The van der Waals surface area contributed by atoms with Gasteiger partial charge in [-0.2, -0.15) is 0 Å². The highest BCUT2D eigenvalue weighted by Gasteiger charge is 2.20. The van der Waals surface area contributed by atoms with Crippen molar-refractivity contribution in [3.05, 3.63) is 28.8 Å². The highest BCUT2D eigenvalue weighted by Crippen LogP contribution is 2.29. The third-order valence-corrected chi connectivity index (χ3v) is 3.94. The van der Waals surface area contributed by atoms with Crippen LogP contribution in [0, 0.1) is 6.92 Å². The van der Waals surface area contributed by atoms with Crippen molar-refractivity contribution in [2.24, 2.45) is 0 Å². The van der Waals surface area contributed by atoms with Crippen LogP contribution >= 0.6 is 11.6 Å². The van der Waals surface area contributed by atoms with Crippen molar-refractivity contribution >= 4 is 17.3 Å². The molecule has 1 aromatic carbocycles. The average Bonchev–Trinajstić information content (AvgIpc) is 2.40. The van der Waals surface area contributed by atoms with Gasteiger partial charge in [0.2, 0.25) is 0 Å². The molecule has 18 heavy (non-hydrogen) atoms. The van der Waals surface area contributed by atoms with E-state index < -0.39 is 0 Å². The number of nitrogens with one attached hydrogen (secondary N) is 1. The van der Waals surface area contributed by atoms with E-state index in [-0.39, 0.29) is 0 Å². The summed E-state index contributed by atoms with van der Waals surface area (Å²) < 4.78 is 0. The van der Waals surface area contributed by atoms with E-state index in [1.54, 1.807) is 0 Å². The molecule has 0 unspecified atom stereocenters. The summed E-state index contributed by atoms with van der Waals surface area (Å²) in [5, 5.41) is 4.49. The summed E-state index contributed by atoms with van der Waals surface area (Å²) >= 11 is 6.29. The van der Waals surface area contributed by atoms with Crippen LogP contribution in [0.15, 0.2) is 18.2 Å². The van der Waals surface area contributed by atoms with E-state index in [2.05, 4.69) is 36.2 Å². The number of nitrogens with zero attached hydrogens (tertiary/aromatic N) is 1. The molecule has 0 amide bonds. The lowest BCUT2D eigenvalue weighted by Crippen LogP contribution is -2.42. The van der Waals surface area contributed by atoms with Crippen molar-refractivity contribution in [3.63, 3.8) is 0 Å². The SMILES string of the molecule is CCCNC1CCN(c2cc(C)ccc2Cl)CC1. The Morgan fingerprint density at radius 3 is 2.72 bits per heavy atom. The molecule has 1 saturated heterocycles. The van der Waals surface area contributed by atoms with Gasteiger partial charge >= 0.3 is 0 Å². The fourth-order valence-electron chi connectivity index (χ4n) is 2.54. The van der Waals surface area contributed by atoms with Crippen LogP contribution < -0.4 is 10.2 Å². The molecule has 3 heteroatoms. The molecule has 1 aliphatic rings. The molecule has 2 nitrogen and oxygen atoms in total. The molecule has 1 N–H and O–H groups in total. The minimum absolute atomic E-state index is 0.685. The van der Waals surface area contributed by atoms with Crippen molar-refractivity contribution in [2.75, 3.05) is 24.5 Å². The van der Waals surface area contributed by atoms with Gasteiger partial charge in [0.15, 0.2) is 0 Å². The molecule has 100 valence electrons. The van der Waals surface area contributed by atoms with E-state index in [9.17, 15) is 0 Å². The Morgan fingerprint density at radius 1 is 1.33 bits per heavy atom. The van der Waals surface area contributed by atoms with Crippen molar-refractivity contribution in [3.8, 4) is 0 Å². The maximum Gasteiger partial charge on any atom is 0.0639 e. The number of halogens is 1. The van der Waals surface area contributed by atoms with Gasteiger partial charge in [0.1, 0.15) is 0 Å². The summed E-state index contributed by atoms with van der Waals surface area (Å²) in [5.41, 5.74) is 2.48. The molecular weight excluding hydrogens is 244 g/mol. The fraction of sp³-hybridized carbons (Fsp3) is 0.600. The predicted octanol–water partition coefficient (Wildman–Crippen LogP) is 3.62. The minimum atomic E-state index is 0.685. The minimum Gasteiger partial charge on any atom is -0.370 e. The normalized spacial score (nSPS) is 17.2. The zero-order valence-electron chi connectivity index (χ0n) is 11.4. The number of piperidine rings is 1. The lowest BCUT2D eigenvalue weighted by molar-refractivity contribution is 0.416. The predicted molar refractivity (Wildman–Crippen MR) is 79.7 cm³/mol. The van der Waals surface area contributed by atoms with Gasteiger partial charge in [0.25, 0.3) is 0 Å². The molecular formula is C15H23ClN2. The third-order valence-electron chi connectivity index (χ3n) is 3.62. The Bertz CT molecular complexity index is 384. The number of hydrogen-bond acceptors (Lipinski definition) is 2. The standard InChI is InChI=1S/C15H23ClN2/c1-3-8-17-13-6-9-18(10-7-13)15-11-12(2)4-5-14(15)16/h4-5,11,13,17H,3,6-10H2,1-2H3. The van der Waals surface area contributed by atoms with Gasteiger partial charge in [-0.1, -0.05) is 24.6 Å². The largest absolute Gasteiger partial charge is 0.370 e. The summed E-state index contributed by atoms with van der Waals surface area (Å²) in [6.07, 6.45) is 3.64. The molecule has 0 aromatic heterocycles. The van der Waals surface area contributed by atoms with Crippen molar-refractivity contribution in [2.45, 2.75) is 39.2 Å². The average molecular weight is 267 g/mol. The summed E-state index contributed by atoms with van der Waals surface area (Å²) in [5.74, 6) is 0. The Balaban J connectivity index is 1.94. The van der Waals surface area contributed by atoms with Crippen LogP contribution in [-0.2, 0) is 0 Å². The number of anilines is 1. The molecule has 0 saturated carbocycles. The quantitative estimate of drug-likeness (QED) is 0.896. The van der Waals surface area contributed by atoms with Gasteiger partial charge < -0.3 is 10.2 Å². The van der Waals surface area contributed by atoms with E-state index >= 15 is 0 Å². The Kier molecular flexibility index (Phi) is 4.90. The maximum absolute atomic E-state index is 6.29. The van der Waals surface area contributed by atoms with Gasteiger partial charge in [-0.05, 0) is 50.4 Å². The van der Waals surface area contributed by atoms with Crippen LogP contribution in [0.1, 0.15) is 31.7 Å². The highest BCUT2D eigenvalue weighted by molar-refractivity contribution is 6.33. The number of hydrogen-bond donors (Lipinski definition) is 1. The summed E-state index contributed by atoms with van der Waals surface area (Å²) in [6, 6.07) is 6.96. The van der Waals surface area contributed by atoms with E-state index in [0.29, 0.717) is 6.04 Å². The van der Waals surface area contributed by atoms with Crippen LogP contribution in [0.4, 0.5) is 5.69 Å². The number of benzene rings is 1. The molecule has 0 aliphatic carbocycles. The van der Waals surface area contributed by atoms with Crippen LogP contribution in [0.5, 0.6) is 0 Å². The van der Waals surface area contributed by atoms with Gasteiger partial charge in [-0.25, -0.2) is 0 Å². The van der Waals surface area contributed by atoms with Crippen molar-refractivity contribution in [1.29, 1.82) is 0 Å². The molecule has 1 aromatic rings. The van der Waals surface area contributed by atoms with Crippen molar-refractivity contribution in [1.82, 2.24) is 5.32 Å². The van der Waals surface area contributed by atoms with E-state index in [4.69, 9.17) is 11.6 Å². The number of aryl methyl sites for hydroxylation is 1. The Hall–Kier alpha value is -0.730. The van der Waals surface area contributed by atoms with Crippen LogP contribution in [0.3, 0.4) is 0 Å². The van der Waals surface area contributed by atoms with E-state index in [1.165, 1.54) is 30.5 Å². The monoisotopic (exact) mass is 266 g/mol. The maximum atomic E-state index is 6.29. The first-order valence-corrected chi connectivity index (χ1v) is 7.33. The van der Waals surface area contributed by atoms with Gasteiger partial charge in [0.05, 0.1) is 10.7 Å². The lowest BCUT2D eigenvalue weighted by Gasteiger charge is -2.34. The van der Waals surface area contributed by atoms with Gasteiger partial charge in [-0.15, -0.1) is 0 Å². The van der Waals surface area contributed by atoms with Crippen LogP contribution in [0.2, 0.25) is 5.02 Å².